The predicted octanol–water partition coefficient (Wildman–Crippen LogP) is -0.334. The fourth-order valence-electron chi connectivity index (χ4n) is 1.72. The van der Waals surface area contributed by atoms with Gasteiger partial charge in [0.1, 0.15) is 6.61 Å². The van der Waals surface area contributed by atoms with Crippen LogP contribution >= 0.6 is 0 Å². The number of benzene rings is 1. The van der Waals surface area contributed by atoms with Crippen molar-refractivity contribution in [1.29, 1.82) is 0 Å². The number of anilines is 1. The number of fused-ring (bicyclic) bond motifs is 1. The van der Waals surface area contributed by atoms with Gasteiger partial charge in [-0.1, -0.05) is 6.07 Å². The van der Waals surface area contributed by atoms with Crippen molar-refractivity contribution in [1.82, 2.24) is 5.32 Å². The van der Waals surface area contributed by atoms with Gasteiger partial charge in [0.2, 0.25) is 0 Å². The smallest absolute Gasteiger partial charge is 0.334 e. The maximum atomic E-state index is 11.9. The Morgan fingerprint density at radius 2 is 2.26 bits per heavy atom. The average Bonchev–Trinajstić information content (AvgIpc) is 2.43. The molecule has 0 radical (unpaired) electrons. The van der Waals surface area contributed by atoms with E-state index in [1.165, 1.54) is 0 Å². The van der Waals surface area contributed by atoms with Gasteiger partial charge in [-0.15, -0.1) is 0 Å². The molecular weight excluding hydrogens is 252 g/mol. The molecule has 1 aromatic carbocycles. The minimum Gasteiger partial charge on any atom is -0.489 e. The van der Waals surface area contributed by atoms with Gasteiger partial charge >= 0.3 is 5.97 Å². The highest BCUT2D eigenvalue weighted by molar-refractivity contribution is 5.99. The molecule has 0 aromatic heterocycles. The van der Waals surface area contributed by atoms with Gasteiger partial charge < -0.3 is 25.6 Å². The van der Waals surface area contributed by atoms with Crippen LogP contribution in [0, 0.1) is 0 Å². The summed E-state index contributed by atoms with van der Waals surface area (Å²) in [5.74, 6) is -1.43. The minimum absolute atomic E-state index is 0.308. The minimum atomic E-state index is -1.62. The van der Waals surface area contributed by atoms with Gasteiger partial charge in [-0.05, 0) is 12.1 Å². The van der Waals surface area contributed by atoms with Gasteiger partial charge in [-0.3, -0.25) is 4.79 Å². The Kier molecular flexibility index (Phi) is 3.86. The summed E-state index contributed by atoms with van der Waals surface area (Å²) in [6.07, 6.45) is -1.62. The second-order valence-electron chi connectivity index (χ2n) is 4.02. The molecule has 1 heterocycles. The molecule has 2 rings (SSSR count). The Hall–Kier alpha value is -2.28. The molecule has 0 saturated heterocycles. The van der Waals surface area contributed by atoms with Crippen LogP contribution in [0.5, 0.6) is 5.75 Å². The van der Waals surface area contributed by atoms with Crippen molar-refractivity contribution in [3.63, 3.8) is 0 Å². The number of nitrogens with one attached hydrogen (secondary N) is 2. The van der Waals surface area contributed by atoms with E-state index in [4.69, 9.17) is 14.9 Å². The standard InChI is InChI=1S/C12H14N2O5/c15-9(12(17)18)6-14-11(16)7-2-1-3-8-10(7)19-5-4-13-8/h1-3,9,13,15H,4-6H2,(H,14,16)(H,17,18)/t9-/m0/s1. The lowest BCUT2D eigenvalue weighted by molar-refractivity contribution is -0.146. The molecule has 1 atom stereocenters. The molecule has 7 heteroatoms. The van der Waals surface area contributed by atoms with E-state index in [2.05, 4.69) is 10.6 Å². The highest BCUT2D eigenvalue weighted by Gasteiger charge is 2.20. The van der Waals surface area contributed by atoms with Crippen molar-refractivity contribution in [2.45, 2.75) is 6.10 Å². The second-order valence-corrected chi connectivity index (χ2v) is 4.02. The Morgan fingerprint density at radius 1 is 1.47 bits per heavy atom. The monoisotopic (exact) mass is 266 g/mol. The number of rotatable bonds is 4. The van der Waals surface area contributed by atoms with Crippen LogP contribution in [-0.4, -0.2) is 47.9 Å². The number of carbonyl (C=O) groups excluding carboxylic acids is 1. The maximum Gasteiger partial charge on any atom is 0.334 e. The number of ether oxygens (including phenoxy) is 1. The summed E-state index contributed by atoms with van der Waals surface area (Å²) in [6, 6.07) is 5.06. The fraction of sp³-hybridized carbons (Fsp3) is 0.333. The van der Waals surface area contributed by atoms with Gasteiger partial charge in [0, 0.05) is 6.54 Å². The molecule has 1 aromatic rings. The van der Waals surface area contributed by atoms with Crippen molar-refractivity contribution in [2.75, 3.05) is 25.0 Å². The predicted molar refractivity (Wildman–Crippen MR) is 66.4 cm³/mol. The first-order chi connectivity index (χ1) is 9.09. The fourth-order valence-corrected chi connectivity index (χ4v) is 1.72. The summed E-state index contributed by atoms with van der Waals surface area (Å²) in [5, 5.41) is 23.1. The molecule has 7 nitrogen and oxygen atoms in total. The molecule has 102 valence electrons. The zero-order valence-electron chi connectivity index (χ0n) is 10.0. The Labute approximate surface area is 109 Å². The van der Waals surface area contributed by atoms with Crippen LogP contribution in [0.1, 0.15) is 10.4 Å². The summed E-state index contributed by atoms with van der Waals surface area (Å²) in [5.41, 5.74) is 1.03. The van der Waals surface area contributed by atoms with Crippen LogP contribution in [0.3, 0.4) is 0 Å². The second kappa shape index (κ2) is 5.57. The van der Waals surface area contributed by atoms with Gasteiger partial charge in [0.25, 0.3) is 5.91 Å². The number of carboxylic acids is 1. The van der Waals surface area contributed by atoms with E-state index in [0.29, 0.717) is 24.5 Å². The van der Waals surface area contributed by atoms with Crippen molar-refractivity contribution in [3.05, 3.63) is 23.8 Å². The number of para-hydroxylation sites is 1. The summed E-state index contributed by atoms with van der Waals surface area (Å²) in [7, 11) is 0. The van der Waals surface area contributed by atoms with Crippen molar-refractivity contribution in [3.8, 4) is 5.75 Å². The number of carbonyl (C=O) groups is 2. The first-order valence-corrected chi connectivity index (χ1v) is 5.78. The first-order valence-electron chi connectivity index (χ1n) is 5.78. The number of hydrogen-bond acceptors (Lipinski definition) is 5. The van der Waals surface area contributed by atoms with Crippen LogP contribution in [0.15, 0.2) is 18.2 Å². The molecule has 0 bridgehead atoms. The Bertz CT molecular complexity index is 503. The third kappa shape index (κ3) is 2.94. The lowest BCUT2D eigenvalue weighted by Crippen LogP contribution is -2.36. The topological polar surface area (TPSA) is 108 Å². The van der Waals surface area contributed by atoms with Crippen LogP contribution in [0.2, 0.25) is 0 Å². The van der Waals surface area contributed by atoms with Crippen LogP contribution in [0.25, 0.3) is 0 Å². The zero-order chi connectivity index (χ0) is 13.8. The van der Waals surface area contributed by atoms with Gasteiger partial charge in [-0.25, -0.2) is 4.79 Å². The molecule has 0 saturated carbocycles. The molecule has 1 amide bonds. The summed E-state index contributed by atoms with van der Waals surface area (Å²) in [4.78, 5) is 22.4. The molecule has 1 aliphatic rings. The third-order valence-electron chi connectivity index (χ3n) is 2.66. The number of carboxylic acid groups (broad SMARTS) is 1. The van der Waals surface area contributed by atoms with E-state index in [1.54, 1.807) is 18.2 Å². The molecule has 19 heavy (non-hydrogen) atoms. The van der Waals surface area contributed by atoms with Crippen molar-refractivity contribution in [2.24, 2.45) is 0 Å². The lowest BCUT2D eigenvalue weighted by atomic mass is 10.1. The van der Waals surface area contributed by atoms with E-state index in [1.807, 2.05) is 0 Å². The normalized spacial score (nSPS) is 14.6. The highest BCUT2D eigenvalue weighted by atomic mass is 16.5. The number of amides is 1. The molecular formula is C12H14N2O5. The van der Waals surface area contributed by atoms with Gasteiger partial charge in [0.15, 0.2) is 11.9 Å². The number of hydrogen-bond donors (Lipinski definition) is 4. The van der Waals surface area contributed by atoms with Crippen LogP contribution in [0.4, 0.5) is 5.69 Å². The van der Waals surface area contributed by atoms with Gasteiger partial charge in [0.05, 0.1) is 17.8 Å². The quantitative estimate of drug-likeness (QED) is 0.594. The van der Waals surface area contributed by atoms with Crippen LogP contribution < -0.4 is 15.4 Å². The molecule has 0 unspecified atom stereocenters. The molecule has 0 fully saturated rings. The average molecular weight is 266 g/mol. The van der Waals surface area contributed by atoms with Crippen molar-refractivity contribution >= 4 is 17.6 Å². The highest BCUT2D eigenvalue weighted by Crippen LogP contribution is 2.30. The van der Waals surface area contributed by atoms with E-state index < -0.39 is 18.0 Å². The number of aliphatic hydroxyl groups excluding tert-OH is 1. The largest absolute Gasteiger partial charge is 0.489 e. The van der Waals surface area contributed by atoms with E-state index in [9.17, 15) is 9.59 Å². The molecule has 0 aliphatic carbocycles. The lowest BCUT2D eigenvalue weighted by Gasteiger charge is -2.21. The summed E-state index contributed by atoms with van der Waals surface area (Å²) >= 11 is 0. The number of aliphatic carboxylic acids is 1. The Morgan fingerprint density at radius 3 is 3.00 bits per heavy atom. The first kappa shape index (κ1) is 13.2. The van der Waals surface area contributed by atoms with E-state index >= 15 is 0 Å². The summed E-state index contributed by atoms with van der Waals surface area (Å²) < 4.78 is 5.43. The van der Waals surface area contributed by atoms with E-state index in [-0.39, 0.29) is 6.54 Å². The van der Waals surface area contributed by atoms with E-state index in [0.717, 1.165) is 5.69 Å². The third-order valence-corrected chi connectivity index (χ3v) is 2.66. The Balaban J connectivity index is 2.09. The van der Waals surface area contributed by atoms with Crippen molar-refractivity contribution < 1.29 is 24.5 Å². The summed E-state index contributed by atoms with van der Waals surface area (Å²) in [6.45, 7) is 0.760. The number of aliphatic hydroxyl groups is 1. The molecule has 0 spiro atoms. The molecule has 1 aliphatic heterocycles. The SMILES string of the molecule is O=C(NC[C@H](O)C(=O)O)c1cccc2c1OCCN2. The van der Waals surface area contributed by atoms with Crippen LogP contribution in [-0.2, 0) is 4.79 Å². The van der Waals surface area contributed by atoms with Gasteiger partial charge in [-0.2, -0.15) is 0 Å². The maximum absolute atomic E-state index is 11.9. The zero-order valence-corrected chi connectivity index (χ0v) is 10.0. The molecule has 4 N–H and O–H groups in total.